The molecule has 3 rings (SSSR count). The summed E-state index contributed by atoms with van der Waals surface area (Å²) in [5, 5.41) is 0. The molecule has 1 fully saturated rings. The molecule has 0 aliphatic heterocycles. The molecule has 134 valence electrons. The highest BCUT2D eigenvalue weighted by molar-refractivity contribution is 5.55. The van der Waals surface area contributed by atoms with E-state index in [2.05, 4.69) is 9.97 Å². The molecule has 0 unspecified atom stereocenters. The number of benzene rings is 1. The van der Waals surface area contributed by atoms with Crippen LogP contribution in [0.3, 0.4) is 0 Å². The van der Waals surface area contributed by atoms with Crippen LogP contribution in [-0.2, 0) is 0 Å². The molecule has 1 aromatic carbocycles. The third-order valence-corrected chi connectivity index (χ3v) is 4.90. The molecule has 0 radical (unpaired) electrons. The van der Waals surface area contributed by atoms with E-state index in [-0.39, 0.29) is 0 Å². The fourth-order valence-corrected chi connectivity index (χ4v) is 3.16. The van der Waals surface area contributed by atoms with E-state index in [1.54, 1.807) is 12.4 Å². The molecule has 1 aromatic heterocycles. The van der Waals surface area contributed by atoms with Crippen LogP contribution in [0.15, 0.2) is 42.7 Å². The number of hydrogen-bond donors (Lipinski definition) is 0. The van der Waals surface area contributed by atoms with Gasteiger partial charge in [-0.05, 0) is 42.7 Å². The Morgan fingerprint density at radius 2 is 1.44 bits per heavy atom. The Hall–Kier alpha value is -1.90. The summed E-state index contributed by atoms with van der Waals surface area (Å²) < 4.78 is 5.83. The Kier molecular flexibility index (Phi) is 7.29. The van der Waals surface area contributed by atoms with Gasteiger partial charge in [0, 0.05) is 18.0 Å². The van der Waals surface area contributed by atoms with Crippen molar-refractivity contribution >= 4 is 0 Å². The maximum Gasteiger partial charge on any atom is 0.159 e. The third kappa shape index (κ3) is 6.85. The van der Waals surface area contributed by atoms with Gasteiger partial charge in [-0.25, -0.2) is 9.97 Å². The van der Waals surface area contributed by atoms with E-state index >= 15 is 0 Å². The number of rotatable bonds is 12. The molecule has 0 N–H and O–H groups in total. The molecule has 25 heavy (non-hydrogen) atoms. The minimum Gasteiger partial charge on any atom is -0.494 e. The quantitative estimate of drug-likeness (QED) is 0.442. The van der Waals surface area contributed by atoms with Gasteiger partial charge in [0.2, 0.25) is 0 Å². The van der Waals surface area contributed by atoms with Crippen LogP contribution in [0, 0.1) is 5.92 Å². The van der Waals surface area contributed by atoms with Crippen LogP contribution in [0.5, 0.6) is 5.75 Å². The van der Waals surface area contributed by atoms with E-state index in [9.17, 15) is 0 Å². The van der Waals surface area contributed by atoms with E-state index < -0.39 is 0 Å². The van der Waals surface area contributed by atoms with Crippen molar-refractivity contribution in [2.45, 2.75) is 64.2 Å². The normalized spacial score (nSPS) is 13.8. The largest absolute Gasteiger partial charge is 0.494 e. The molecule has 1 heterocycles. The Morgan fingerprint density at radius 1 is 0.800 bits per heavy atom. The molecule has 1 aliphatic carbocycles. The molecule has 0 amide bonds. The first kappa shape index (κ1) is 17.9. The lowest BCUT2D eigenvalue weighted by atomic mass is 10.1. The highest BCUT2D eigenvalue weighted by Crippen LogP contribution is 2.34. The maximum absolute atomic E-state index is 5.83. The number of unbranched alkanes of at least 4 members (excludes halogenated alkanes) is 6. The van der Waals surface area contributed by atoms with Crippen molar-refractivity contribution in [3.05, 3.63) is 42.7 Å². The fourth-order valence-electron chi connectivity index (χ4n) is 3.16. The van der Waals surface area contributed by atoms with E-state index in [1.165, 1.54) is 57.8 Å². The number of nitrogens with zero attached hydrogens (tertiary/aromatic N) is 2. The van der Waals surface area contributed by atoms with Gasteiger partial charge < -0.3 is 4.74 Å². The Labute approximate surface area is 151 Å². The Bertz CT molecular complexity index is 593. The second-order valence-corrected chi connectivity index (χ2v) is 7.15. The van der Waals surface area contributed by atoms with Gasteiger partial charge in [0.25, 0.3) is 0 Å². The minimum atomic E-state index is 0.756. The summed E-state index contributed by atoms with van der Waals surface area (Å²) in [6.07, 6.45) is 17.5. The summed E-state index contributed by atoms with van der Waals surface area (Å²) in [5.74, 6) is 2.79. The number of ether oxygens (including phenoxy) is 1. The van der Waals surface area contributed by atoms with Crippen molar-refractivity contribution in [3.8, 4) is 17.1 Å². The molecule has 0 saturated heterocycles. The van der Waals surface area contributed by atoms with E-state index in [4.69, 9.17) is 4.74 Å². The molecule has 3 heteroatoms. The Balaban J connectivity index is 1.21. The highest BCUT2D eigenvalue weighted by atomic mass is 16.5. The van der Waals surface area contributed by atoms with Gasteiger partial charge in [0.15, 0.2) is 5.82 Å². The lowest BCUT2D eigenvalue weighted by Gasteiger charge is -2.07. The second kappa shape index (κ2) is 10.2. The minimum absolute atomic E-state index is 0.756. The van der Waals surface area contributed by atoms with Crippen LogP contribution < -0.4 is 4.74 Å². The van der Waals surface area contributed by atoms with Crippen molar-refractivity contribution in [2.75, 3.05) is 6.61 Å². The first-order valence-corrected chi connectivity index (χ1v) is 9.92. The van der Waals surface area contributed by atoms with Crippen LogP contribution in [-0.4, -0.2) is 16.6 Å². The summed E-state index contributed by atoms with van der Waals surface area (Å²) in [7, 11) is 0. The zero-order chi connectivity index (χ0) is 17.2. The molecule has 0 bridgehead atoms. The zero-order valence-corrected chi connectivity index (χ0v) is 15.2. The molecule has 1 aliphatic rings. The van der Waals surface area contributed by atoms with Crippen molar-refractivity contribution < 1.29 is 4.74 Å². The van der Waals surface area contributed by atoms with Gasteiger partial charge in [-0.2, -0.15) is 0 Å². The maximum atomic E-state index is 5.83. The molecule has 3 nitrogen and oxygen atoms in total. The lowest BCUT2D eigenvalue weighted by Crippen LogP contribution is -1.97. The lowest BCUT2D eigenvalue weighted by molar-refractivity contribution is 0.304. The predicted molar refractivity (Wildman–Crippen MR) is 103 cm³/mol. The molecule has 0 spiro atoms. The van der Waals surface area contributed by atoms with Crippen LogP contribution in [0.25, 0.3) is 11.4 Å². The van der Waals surface area contributed by atoms with Crippen LogP contribution in [0.2, 0.25) is 0 Å². The van der Waals surface area contributed by atoms with Gasteiger partial charge in [0.05, 0.1) is 6.61 Å². The summed E-state index contributed by atoms with van der Waals surface area (Å²) in [6.45, 7) is 0.808. The molecular formula is C22H30N2O. The van der Waals surface area contributed by atoms with Crippen molar-refractivity contribution in [3.63, 3.8) is 0 Å². The van der Waals surface area contributed by atoms with Gasteiger partial charge in [-0.1, -0.05) is 57.8 Å². The SMILES string of the molecule is c1cnc(-c2ccc(OCCCCCCCCCC3CC3)cc2)nc1. The summed E-state index contributed by atoms with van der Waals surface area (Å²) >= 11 is 0. The first-order chi connectivity index (χ1) is 12.4. The average molecular weight is 338 g/mol. The highest BCUT2D eigenvalue weighted by Gasteiger charge is 2.19. The van der Waals surface area contributed by atoms with Gasteiger partial charge >= 0.3 is 0 Å². The molecular weight excluding hydrogens is 308 g/mol. The monoisotopic (exact) mass is 338 g/mol. The molecule has 0 atom stereocenters. The van der Waals surface area contributed by atoms with Crippen molar-refractivity contribution in [2.24, 2.45) is 5.92 Å². The van der Waals surface area contributed by atoms with Crippen LogP contribution in [0.1, 0.15) is 64.2 Å². The van der Waals surface area contributed by atoms with Crippen LogP contribution in [0.4, 0.5) is 0 Å². The zero-order valence-electron chi connectivity index (χ0n) is 15.2. The van der Waals surface area contributed by atoms with Gasteiger partial charge in [-0.15, -0.1) is 0 Å². The predicted octanol–water partition coefficient (Wildman–Crippen LogP) is 6.05. The average Bonchev–Trinajstić information content (AvgIpc) is 3.49. The second-order valence-electron chi connectivity index (χ2n) is 7.15. The number of hydrogen-bond acceptors (Lipinski definition) is 3. The van der Waals surface area contributed by atoms with Crippen LogP contribution >= 0.6 is 0 Å². The smallest absolute Gasteiger partial charge is 0.159 e. The summed E-state index contributed by atoms with van der Waals surface area (Å²) in [5.41, 5.74) is 1.02. The van der Waals surface area contributed by atoms with Gasteiger partial charge in [-0.3, -0.25) is 0 Å². The standard InChI is InChI=1S/C22H30N2O/c1(2-4-6-9-19-10-11-19)3-5-7-18-25-21-14-12-20(13-15-21)22-23-16-8-17-24-22/h8,12-17,19H,1-7,9-11,18H2. The number of aromatic nitrogens is 2. The fraction of sp³-hybridized carbons (Fsp3) is 0.545. The van der Waals surface area contributed by atoms with Gasteiger partial charge in [0.1, 0.15) is 5.75 Å². The topological polar surface area (TPSA) is 35.0 Å². The Morgan fingerprint density at radius 3 is 2.12 bits per heavy atom. The first-order valence-electron chi connectivity index (χ1n) is 9.92. The summed E-state index contributed by atoms with van der Waals surface area (Å²) in [4.78, 5) is 8.52. The molecule has 1 saturated carbocycles. The van der Waals surface area contributed by atoms with Crippen molar-refractivity contribution in [1.29, 1.82) is 0 Å². The van der Waals surface area contributed by atoms with E-state index in [1.807, 2.05) is 30.3 Å². The summed E-state index contributed by atoms with van der Waals surface area (Å²) in [6, 6.07) is 9.88. The van der Waals surface area contributed by atoms with E-state index in [0.717, 1.165) is 36.1 Å². The molecule has 2 aromatic rings. The van der Waals surface area contributed by atoms with Crippen molar-refractivity contribution in [1.82, 2.24) is 9.97 Å². The third-order valence-electron chi connectivity index (χ3n) is 4.90. The van der Waals surface area contributed by atoms with E-state index in [0.29, 0.717) is 0 Å².